The van der Waals surface area contributed by atoms with Gasteiger partial charge in [0.1, 0.15) is 0 Å². The highest BCUT2D eigenvalue weighted by molar-refractivity contribution is 5.14. The van der Waals surface area contributed by atoms with Crippen molar-refractivity contribution < 1.29 is 0 Å². The van der Waals surface area contributed by atoms with Crippen molar-refractivity contribution in [3.8, 4) is 0 Å². The number of hydrogen-bond acceptors (Lipinski definition) is 2. The van der Waals surface area contributed by atoms with Crippen molar-refractivity contribution in [2.75, 3.05) is 26.2 Å². The van der Waals surface area contributed by atoms with E-state index < -0.39 is 0 Å². The van der Waals surface area contributed by atoms with Gasteiger partial charge in [-0.1, -0.05) is 30.3 Å². The fourth-order valence-corrected chi connectivity index (χ4v) is 3.55. The van der Waals surface area contributed by atoms with Gasteiger partial charge in [-0.3, -0.25) is 4.90 Å². The van der Waals surface area contributed by atoms with Crippen LogP contribution in [-0.4, -0.2) is 31.1 Å². The summed E-state index contributed by atoms with van der Waals surface area (Å²) in [5, 5.41) is 3.48. The normalized spacial score (nSPS) is 26.6. The number of hydrogen-bond donors (Lipinski definition) is 1. The summed E-state index contributed by atoms with van der Waals surface area (Å²) in [6.07, 6.45) is 4.20. The molecule has 2 fully saturated rings. The molecule has 2 aliphatic rings. The molecule has 1 aromatic carbocycles. The van der Waals surface area contributed by atoms with E-state index in [1.807, 2.05) is 0 Å². The highest BCUT2D eigenvalue weighted by atomic mass is 15.1. The largest absolute Gasteiger partial charge is 0.317 e. The number of rotatable bonds is 3. The maximum atomic E-state index is 3.48. The van der Waals surface area contributed by atoms with Crippen LogP contribution in [-0.2, 0) is 6.54 Å². The van der Waals surface area contributed by atoms with Crippen LogP contribution in [0.2, 0.25) is 0 Å². The highest BCUT2D eigenvalue weighted by Crippen LogP contribution is 2.30. The second-order valence-electron chi connectivity index (χ2n) is 5.86. The van der Waals surface area contributed by atoms with E-state index in [9.17, 15) is 0 Å². The number of nitrogens with one attached hydrogen (secondary N) is 1. The number of piperidine rings is 1. The summed E-state index contributed by atoms with van der Waals surface area (Å²) in [6, 6.07) is 10.9. The summed E-state index contributed by atoms with van der Waals surface area (Å²) in [5.74, 6) is 1.93. The van der Waals surface area contributed by atoms with Crippen LogP contribution >= 0.6 is 0 Å². The minimum Gasteiger partial charge on any atom is -0.317 e. The lowest BCUT2D eigenvalue weighted by Gasteiger charge is -2.28. The van der Waals surface area contributed by atoms with Crippen LogP contribution in [0.4, 0.5) is 0 Å². The Morgan fingerprint density at radius 1 is 1.00 bits per heavy atom. The predicted octanol–water partition coefficient (Wildman–Crippen LogP) is 2.51. The van der Waals surface area contributed by atoms with Crippen LogP contribution in [0.5, 0.6) is 0 Å². The fourth-order valence-electron chi connectivity index (χ4n) is 3.55. The molecule has 2 aliphatic heterocycles. The zero-order chi connectivity index (χ0) is 12.2. The average Bonchev–Trinajstić information content (AvgIpc) is 2.89. The maximum Gasteiger partial charge on any atom is 0.0233 e. The van der Waals surface area contributed by atoms with E-state index >= 15 is 0 Å². The van der Waals surface area contributed by atoms with Crippen molar-refractivity contribution in [3.63, 3.8) is 0 Å². The highest BCUT2D eigenvalue weighted by Gasteiger charge is 2.29. The SMILES string of the molecule is c1ccc(CN2CC[C@H](C3CCNCC3)C2)cc1. The Morgan fingerprint density at radius 2 is 1.78 bits per heavy atom. The Kier molecular flexibility index (Phi) is 3.96. The van der Waals surface area contributed by atoms with Gasteiger partial charge in [0.05, 0.1) is 0 Å². The maximum absolute atomic E-state index is 3.48. The van der Waals surface area contributed by atoms with E-state index in [-0.39, 0.29) is 0 Å². The van der Waals surface area contributed by atoms with Gasteiger partial charge in [-0.25, -0.2) is 0 Å². The zero-order valence-electron chi connectivity index (χ0n) is 11.1. The molecular weight excluding hydrogens is 220 g/mol. The number of nitrogens with zero attached hydrogens (tertiary/aromatic N) is 1. The standard InChI is InChI=1S/C16H24N2/c1-2-4-14(5-3-1)12-18-11-8-16(13-18)15-6-9-17-10-7-15/h1-5,15-17H,6-13H2/t16-/m0/s1. The third-order valence-electron chi connectivity index (χ3n) is 4.61. The molecule has 0 saturated carbocycles. The molecule has 0 unspecified atom stereocenters. The van der Waals surface area contributed by atoms with Gasteiger partial charge < -0.3 is 5.32 Å². The first-order valence-corrected chi connectivity index (χ1v) is 7.39. The van der Waals surface area contributed by atoms with Crippen molar-refractivity contribution in [2.24, 2.45) is 11.8 Å². The lowest BCUT2D eigenvalue weighted by Crippen LogP contribution is -2.32. The molecule has 2 nitrogen and oxygen atoms in total. The number of benzene rings is 1. The lowest BCUT2D eigenvalue weighted by atomic mass is 9.84. The molecule has 1 N–H and O–H groups in total. The molecular formula is C16H24N2. The summed E-state index contributed by atoms with van der Waals surface area (Å²) in [6.45, 7) is 6.23. The van der Waals surface area contributed by atoms with E-state index in [4.69, 9.17) is 0 Å². The molecule has 0 radical (unpaired) electrons. The molecule has 0 bridgehead atoms. The van der Waals surface area contributed by atoms with Crippen LogP contribution in [0.15, 0.2) is 30.3 Å². The summed E-state index contributed by atoms with van der Waals surface area (Å²) < 4.78 is 0. The Bertz CT molecular complexity index is 357. The van der Waals surface area contributed by atoms with E-state index in [1.165, 1.54) is 51.0 Å². The van der Waals surface area contributed by atoms with Crippen LogP contribution in [0.3, 0.4) is 0 Å². The van der Waals surface area contributed by atoms with Crippen LogP contribution in [0, 0.1) is 11.8 Å². The molecule has 18 heavy (non-hydrogen) atoms. The first-order valence-electron chi connectivity index (χ1n) is 7.39. The Balaban J connectivity index is 1.52. The van der Waals surface area contributed by atoms with Crippen molar-refractivity contribution >= 4 is 0 Å². The minimum atomic E-state index is 0.954. The van der Waals surface area contributed by atoms with E-state index in [2.05, 4.69) is 40.5 Å². The first kappa shape index (κ1) is 12.2. The molecule has 0 aliphatic carbocycles. The van der Waals surface area contributed by atoms with Crippen molar-refractivity contribution in [1.29, 1.82) is 0 Å². The molecule has 2 saturated heterocycles. The fraction of sp³-hybridized carbons (Fsp3) is 0.625. The van der Waals surface area contributed by atoms with E-state index in [0.29, 0.717) is 0 Å². The Morgan fingerprint density at radius 3 is 2.56 bits per heavy atom. The second-order valence-corrected chi connectivity index (χ2v) is 5.86. The molecule has 2 heteroatoms. The molecule has 3 rings (SSSR count). The topological polar surface area (TPSA) is 15.3 Å². The summed E-state index contributed by atoms with van der Waals surface area (Å²) in [5.41, 5.74) is 1.46. The van der Waals surface area contributed by atoms with Crippen LogP contribution in [0.25, 0.3) is 0 Å². The van der Waals surface area contributed by atoms with Crippen LogP contribution < -0.4 is 5.32 Å². The summed E-state index contributed by atoms with van der Waals surface area (Å²) in [7, 11) is 0. The van der Waals surface area contributed by atoms with Crippen molar-refractivity contribution in [3.05, 3.63) is 35.9 Å². The first-order chi connectivity index (χ1) is 8.92. The molecule has 1 atom stereocenters. The zero-order valence-corrected chi connectivity index (χ0v) is 11.1. The Hall–Kier alpha value is -0.860. The molecule has 1 aromatic rings. The summed E-state index contributed by atoms with van der Waals surface area (Å²) in [4.78, 5) is 2.64. The van der Waals surface area contributed by atoms with Gasteiger partial charge in [0, 0.05) is 13.1 Å². The van der Waals surface area contributed by atoms with Gasteiger partial charge in [-0.2, -0.15) is 0 Å². The van der Waals surface area contributed by atoms with Gasteiger partial charge >= 0.3 is 0 Å². The van der Waals surface area contributed by atoms with E-state index in [0.717, 1.165) is 18.4 Å². The third kappa shape index (κ3) is 2.93. The average molecular weight is 244 g/mol. The van der Waals surface area contributed by atoms with Gasteiger partial charge in [-0.05, 0) is 56.3 Å². The quantitative estimate of drug-likeness (QED) is 0.879. The summed E-state index contributed by atoms with van der Waals surface area (Å²) >= 11 is 0. The molecule has 0 amide bonds. The van der Waals surface area contributed by atoms with Crippen LogP contribution in [0.1, 0.15) is 24.8 Å². The monoisotopic (exact) mass is 244 g/mol. The van der Waals surface area contributed by atoms with Crippen molar-refractivity contribution in [2.45, 2.75) is 25.8 Å². The van der Waals surface area contributed by atoms with E-state index in [1.54, 1.807) is 0 Å². The molecule has 2 heterocycles. The Labute approximate surface area is 110 Å². The third-order valence-corrected chi connectivity index (χ3v) is 4.61. The molecule has 98 valence electrons. The predicted molar refractivity (Wildman–Crippen MR) is 75.4 cm³/mol. The minimum absolute atomic E-state index is 0.954. The van der Waals surface area contributed by atoms with Gasteiger partial charge in [0.2, 0.25) is 0 Å². The van der Waals surface area contributed by atoms with Crippen molar-refractivity contribution in [1.82, 2.24) is 10.2 Å². The number of likely N-dealkylation sites (tertiary alicyclic amines) is 1. The van der Waals surface area contributed by atoms with Gasteiger partial charge in [0.25, 0.3) is 0 Å². The van der Waals surface area contributed by atoms with Gasteiger partial charge in [-0.15, -0.1) is 0 Å². The molecule has 0 spiro atoms. The second kappa shape index (κ2) is 5.85. The smallest absolute Gasteiger partial charge is 0.0233 e. The lowest BCUT2D eigenvalue weighted by molar-refractivity contribution is 0.242. The molecule has 0 aromatic heterocycles. The van der Waals surface area contributed by atoms with Gasteiger partial charge in [0.15, 0.2) is 0 Å².